The van der Waals surface area contributed by atoms with E-state index in [1.54, 1.807) is 0 Å². The first-order valence-corrected chi connectivity index (χ1v) is 24.9. The van der Waals surface area contributed by atoms with Gasteiger partial charge in [0.15, 0.2) is 0 Å². The fraction of sp³-hybridized carbons (Fsp3) is 0.825. The van der Waals surface area contributed by atoms with Crippen LogP contribution in [0.2, 0.25) is 0 Å². The average molecular weight is 920 g/mol. The molecule has 0 aliphatic heterocycles. The van der Waals surface area contributed by atoms with Gasteiger partial charge in [0.25, 0.3) is 0 Å². The molecule has 20 N–H and O–H groups in total. The largest absolute Gasteiger partial charge is 0.368 e. The fourth-order valence-electron chi connectivity index (χ4n) is 6.28. The third kappa shape index (κ3) is 27.1. The molecule has 0 aromatic rings. The Morgan fingerprint density at radius 1 is 0.403 bits per heavy atom. The van der Waals surface area contributed by atoms with Gasteiger partial charge in [0.2, 0.25) is 41.4 Å². The minimum atomic E-state index is -1.06. The molecule has 0 aliphatic carbocycles. The SMILES string of the molecule is CSCC[C@H](NC(=O)[C@@H](CCCCN)NC(=O)[C@@H](N)CCCCN)C(=O)NCCCCC(NC(=O)[C@H](CCSC)NC(=O)[C@@H](CCCCN)NC(=O)[C@@H](N)CCCCN)C(N)=O. The number of hydrogen-bond donors (Lipinski definition) is 13. The zero-order valence-electron chi connectivity index (χ0n) is 37.2. The lowest BCUT2D eigenvalue weighted by Gasteiger charge is -2.25. The Morgan fingerprint density at radius 2 is 0.710 bits per heavy atom. The minimum absolute atomic E-state index is 0.158. The zero-order valence-corrected chi connectivity index (χ0v) is 38.9. The second kappa shape index (κ2) is 37.2. The molecule has 62 heavy (non-hydrogen) atoms. The molecule has 22 heteroatoms. The van der Waals surface area contributed by atoms with E-state index in [-0.39, 0.29) is 25.8 Å². The number of nitrogens with two attached hydrogens (primary N) is 7. The number of unbranched alkanes of at least 4 members (excludes halogenated alkanes) is 5. The third-order valence-corrected chi connectivity index (χ3v) is 11.4. The van der Waals surface area contributed by atoms with Gasteiger partial charge in [0.1, 0.15) is 30.2 Å². The van der Waals surface area contributed by atoms with E-state index in [4.69, 9.17) is 40.1 Å². The number of thioether (sulfide) groups is 2. The van der Waals surface area contributed by atoms with Crippen LogP contribution in [-0.4, -0.2) is 140 Å². The Bertz CT molecular complexity index is 1310. The maximum atomic E-state index is 13.5. The van der Waals surface area contributed by atoms with Gasteiger partial charge in [-0.15, -0.1) is 0 Å². The van der Waals surface area contributed by atoms with E-state index in [2.05, 4.69) is 31.9 Å². The number of carbonyl (C=O) groups is 7. The van der Waals surface area contributed by atoms with Crippen molar-refractivity contribution in [3.05, 3.63) is 0 Å². The number of carbonyl (C=O) groups excluding carboxylic acids is 7. The molecule has 0 saturated carbocycles. The Labute approximate surface area is 377 Å². The van der Waals surface area contributed by atoms with Crippen LogP contribution in [0.15, 0.2) is 0 Å². The summed E-state index contributed by atoms with van der Waals surface area (Å²) in [6.45, 7) is 2.00. The van der Waals surface area contributed by atoms with Crippen molar-refractivity contribution < 1.29 is 33.6 Å². The van der Waals surface area contributed by atoms with Crippen LogP contribution in [0.4, 0.5) is 0 Å². The predicted molar refractivity (Wildman–Crippen MR) is 249 cm³/mol. The highest BCUT2D eigenvalue weighted by Gasteiger charge is 2.31. The van der Waals surface area contributed by atoms with Gasteiger partial charge in [-0.05, 0) is 147 Å². The van der Waals surface area contributed by atoms with Crippen LogP contribution < -0.4 is 72.0 Å². The second-order valence-electron chi connectivity index (χ2n) is 15.4. The number of nitrogens with one attached hydrogen (secondary N) is 6. The van der Waals surface area contributed by atoms with E-state index < -0.39 is 83.6 Å². The standard InChI is InChI=1S/C40H81N13O7S2/c1-61-25-18-32(52-38(58)30(16-5-10-22-43)50-35(55)27(45)13-3-8-20-41)37(57)48-24-12-7-15-29(34(47)54)49-40(60)33(19-26-62-2)53-39(59)31(17-6-11-23-44)51-36(56)28(46)14-4-9-21-42/h27-33H,3-26,41-46H2,1-2H3,(H2,47,54)(H,48,57)(H,49,60)(H,50,55)(H,51,56)(H,52,58)(H,53,59)/t27-,28-,29?,30+,31+,32-,33-/m0/s1. The van der Waals surface area contributed by atoms with Crippen molar-refractivity contribution in [3.8, 4) is 0 Å². The molecule has 0 fully saturated rings. The van der Waals surface area contributed by atoms with Crippen LogP contribution in [0.1, 0.15) is 109 Å². The first kappa shape index (κ1) is 58.8. The van der Waals surface area contributed by atoms with E-state index in [1.165, 1.54) is 23.5 Å². The quantitative estimate of drug-likeness (QED) is 0.0293. The molecule has 0 heterocycles. The maximum Gasteiger partial charge on any atom is 0.243 e. The molecular formula is C40H81N13O7S2. The Balaban J connectivity index is 5.54. The molecule has 0 radical (unpaired) electrons. The third-order valence-electron chi connectivity index (χ3n) is 10.1. The lowest BCUT2D eigenvalue weighted by Crippen LogP contribution is -2.57. The van der Waals surface area contributed by atoms with Gasteiger partial charge >= 0.3 is 0 Å². The van der Waals surface area contributed by atoms with Gasteiger partial charge in [0.05, 0.1) is 12.1 Å². The van der Waals surface area contributed by atoms with Gasteiger partial charge in [0, 0.05) is 6.54 Å². The summed E-state index contributed by atoms with van der Waals surface area (Å²) in [5.74, 6) is -2.67. The van der Waals surface area contributed by atoms with E-state index in [9.17, 15) is 33.6 Å². The van der Waals surface area contributed by atoms with Gasteiger partial charge < -0.3 is 72.0 Å². The summed E-state index contributed by atoms with van der Waals surface area (Å²) in [5.41, 5.74) is 40.2. The molecule has 20 nitrogen and oxygen atoms in total. The molecule has 1 unspecified atom stereocenters. The van der Waals surface area contributed by atoms with Crippen molar-refractivity contribution in [2.24, 2.45) is 40.1 Å². The maximum absolute atomic E-state index is 13.5. The van der Waals surface area contributed by atoms with Crippen LogP contribution in [0.3, 0.4) is 0 Å². The molecule has 7 atom stereocenters. The normalized spacial score (nSPS) is 14.6. The molecule has 0 aromatic carbocycles. The lowest BCUT2D eigenvalue weighted by atomic mass is 10.0. The van der Waals surface area contributed by atoms with Crippen LogP contribution in [0.5, 0.6) is 0 Å². The average Bonchev–Trinajstić information content (AvgIpc) is 3.24. The summed E-state index contributed by atoms with van der Waals surface area (Å²) < 4.78 is 0. The van der Waals surface area contributed by atoms with Crippen molar-refractivity contribution >= 4 is 64.9 Å². The van der Waals surface area contributed by atoms with Crippen molar-refractivity contribution in [2.75, 3.05) is 56.7 Å². The molecule has 7 amide bonds. The van der Waals surface area contributed by atoms with Crippen molar-refractivity contribution in [3.63, 3.8) is 0 Å². The first-order chi connectivity index (χ1) is 29.7. The van der Waals surface area contributed by atoms with Gasteiger partial charge in [-0.25, -0.2) is 0 Å². The summed E-state index contributed by atoms with van der Waals surface area (Å²) in [5, 5.41) is 16.6. The van der Waals surface area contributed by atoms with Crippen LogP contribution in [-0.2, 0) is 33.6 Å². The molecule has 360 valence electrons. The highest BCUT2D eigenvalue weighted by molar-refractivity contribution is 7.98. The van der Waals surface area contributed by atoms with Crippen molar-refractivity contribution in [2.45, 2.75) is 151 Å². The molecule has 0 bridgehead atoms. The molecule has 0 saturated heterocycles. The van der Waals surface area contributed by atoms with Crippen LogP contribution in [0, 0.1) is 0 Å². The van der Waals surface area contributed by atoms with Crippen LogP contribution in [0.25, 0.3) is 0 Å². The highest BCUT2D eigenvalue weighted by Crippen LogP contribution is 2.10. The predicted octanol–water partition coefficient (Wildman–Crippen LogP) is -2.14. The van der Waals surface area contributed by atoms with Crippen LogP contribution >= 0.6 is 23.5 Å². The van der Waals surface area contributed by atoms with E-state index in [0.29, 0.717) is 121 Å². The van der Waals surface area contributed by atoms with Crippen molar-refractivity contribution in [1.82, 2.24) is 31.9 Å². The Hall–Kier alpha value is -3.25. The zero-order chi connectivity index (χ0) is 46.7. The fourth-order valence-corrected chi connectivity index (χ4v) is 7.22. The molecule has 0 spiro atoms. The minimum Gasteiger partial charge on any atom is -0.368 e. The summed E-state index contributed by atoms with van der Waals surface area (Å²) >= 11 is 2.99. The second-order valence-corrected chi connectivity index (χ2v) is 17.4. The summed E-state index contributed by atoms with van der Waals surface area (Å²) in [6.07, 6.45) is 11.9. The Morgan fingerprint density at radius 3 is 1.08 bits per heavy atom. The molecule has 0 aliphatic rings. The van der Waals surface area contributed by atoms with E-state index in [0.717, 1.165) is 6.42 Å². The lowest BCUT2D eigenvalue weighted by molar-refractivity contribution is -0.133. The van der Waals surface area contributed by atoms with Gasteiger partial charge in [-0.3, -0.25) is 33.6 Å². The highest BCUT2D eigenvalue weighted by atomic mass is 32.2. The summed E-state index contributed by atoms with van der Waals surface area (Å²) in [4.78, 5) is 92.1. The number of amides is 7. The molecular weight excluding hydrogens is 839 g/mol. The number of rotatable bonds is 39. The first-order valence-electron chi connectivity index (χ1n) is 22.1. The molecule has 0 aromatic heterocycles. The smallest absolute Gasteiger partial charge is 0.243 e. The van der Waals surface area contributed by atoms with Gasteiger partial charge in [-0.1, -0.05) is 12.8 Å². The Kier molecular flexibility index (Phi) is 35.2. The topological polar surface area (TPSA) is 374 Å². The number of hydrogen-bond acceptors (Lipinski definition) is 15. The summed E-state index contributed by atoms with van der Waals surface area (Å²) in [6, 6.07) is -6.46. The van der Waals surface area contributed by atoms with E-state index in [1.807, 2.05) is 12.5 Å². The van der Waals surface area contributed by atoms with Gasteiger partial charge in [-0.2, -0.15) is 23.5 Å². The number of primary amides is 1. The molecule has 0 rings (SSSR count). The monoisotopic (exact) mass is 920 g/mol. The van der Waals surface area contributed by atoms with Crippen molar-refractivity contribution in [1.29, 1.82) is 0 Å². The van der Waals surface area contributed by atoms with E-state index >= 15 is 0 Å². The summed E-state index contributed by atoms with van der Waals surface area (Å²) in [7, 11) is 0.